The lowest BCUT2D eigenvalue weighted by Crippen LogP contribution is -2.22. The molecule has 0 amide bonds. The first kappa shape index (κ1) is 10.1. The van der Waals surface area contributed by atoms with Gasteiger partial charge in [0.25, 0.3) is 0 Å². The number of nitrogens with two attached hydrogens (primary N) is 1. The Labute approximate surface area is 88.7 Å². The van der Waals surface area contributed by atoms with Crippen molar-refractivity contribution in [2.45, 2.75) is 31.8 Å². The summed E-state index contributed by atoms with van der Waals surface area (Å²) in [4.78, 5) is 4.23. The minimum atomic E-state index is 0.446. The predicted octanol–water partition coefficient (Wildman–Crippen LogP) is 1.36. The Bertz CT molecular complexity index is 260. The van der Waals surface area contributed by atoms with E-state index in [4.69, 9.17) is 5.73 Å². The second-order valence-corrected chi connectivity index (χ2v) is 4.98. The van der Waals surface area contributed by atoms with Gasteiger partial charge in [-0.25, -0.2) is 4.98 Å². The van der Waals surface area contributed by atoms with Crippen molar-refractivity contribution in [3.63, 3.8) is 0 Å². The third-order valence-electron chi connectivity index (χ3n) is 2.77. The molecule has 1 heterocycles. The van der Waals surface area contributed by atoms with Crippen molar-refractivity contribution in [2.24, 2.45) is 11.7 Å². The van der Waals surface area contributed by atoms with E-state index in [-0.39, 0.29) is 0 Å². The van der Waals surface area contributed by atoms with E-state index in [0.29, 0.717) is 6.04 Å². The van der Waals surface area contributed by atoms with Gasteiger partial charge in [-0.1, -0.05) is 0 Å². The topological polar surface area (TPSA) is 50.9 Å². The molecule has 0 aliphatic heterocycles. The van der Waals surface area contributed by atoms with Crippen LogP contribution in [0.1, 0.15) is 24.3 Å². The molecule has 3 N–H and O–H groups in total. The molecular weight excluding hydrogens is 194 g/mol. The van der Waals surface area contributed by atoms with Gasteiger partial charge in [-0.2, -0.15) is 0 Å². The van der Waals surface area contributed by atoms with E-state index in [1.165, 1.54) is 24.3 Å². The molecule has 1 fully saturated rings. The number of aromatic nitrogens is 1. The first-order valence-corrected chi connectivity index (χ1v) is 6.07. The molecule has 1 saturated carbocycles. The van der Waals surface area contributed by atoms with Crippen molar-refractivity contribution >= 4 is 11.3 Å². The average Bonchev–Trinajstić information content (AvgIpc) is 2.77. The first-order valence-electron chi connectivity index (χ1n) is 5.19. The van der Waals surface area contributed by atoms with Crippen LogP contribution in [0.15, 0.2) is 11.6 Å². The van der Waals surface area contributed by atoms with Crippen molar-refractivity contribution in [2.75, 3.05) is 6.54 Å². The maximum Gasteiger partial charge on any atom is 0.106 e. The van der Waals surface area contributed by atoms with Crippen LogP contribution in [-0.2, 0) is 6.54 Å². The van der Waals surface area contributed by atoms with Gasteiger partial charge in [-0.3, -0.25) is 0 Å². The van der Waals surface area contributed by atoms with E-state index < -0.39 is 0 Å². The summed E-state index contributed by atoms with van der Waals surface area (Å²) in [5.41, 5.74) is 5.85. The van der Waals surface area contributed by atoms with Gasteiger partial charge >= 0.3 is 0 Å². The summed E-state index contributed by atoms with van der Waals surface area (Å²) >= 11 is 1.71. The van der Waals surface area contributed by atoms with E-state index in [0.717, 1.165) is 19.0 Å². The van der Waals surface area contributed by atoms with Gasteiger partial charge < -0.3 is 11.1 Å². The molecule has 1 aliphatic carbocycles. The number of hydrogen-bond donors (Lipinski definition) is 2. The van der Waals surface area contributed by atoms with E-state index >= 15 is 0 Å². The van der Waals surface area contributed by atoms with Gasteiger partial charge in [0.2, 0.25) is 0 Å². The number of nitrogens with one attached hydrogen (secondary N) is 1. The highest BCUT2D eigenvalue weighted by molar-refractivity contribution is 7.09. The molecule has 14 heavy (non-hydrogen) atoms. The Morgan fingerprint density at radius 2 is 2.50 bits per heavy atom. The normalized spacial score (nSPS) is 26.9. The van der Waals surface area contributed by atoms with Crippen LogP contribution in [0.2, 0.25) is 0 Å². The summed E-state index contributed by atoms with van der Waals surface area (Å²) < 4.78 is 0. The zero-order valence-corrected chi connectivity index (χ0v) is 9.09. The smallest absolute Gasteiger partial charge is 0.106 e. The van der Waals surface area contributed by atoms with E-state index in [1.54, 1.807) is 11.3 Å². The number of thiazole rings is 1. The SMILES string of the molecule is NC1CCC(CNCc2nccs2)C1. The van der Waals surface area contributed by atoms with Gasteiger partial charge in [0.1, 0.15) is 5.01 Å². The van der Waals surface area contributed by atoms with Gasteiger partial charge in [-0.15, -0.1) is 11.3 Å². The zero-order valence-electron chi connectivity index (χ0n) is 8.28. The molecule has 78 valence electrons. The maximum absolute atomic E-state index is 5.85. The largest absolute Gasteiger partial charge is 0.328 e. The minimum Gasteiger partial charge on any atom is -0.328 e. The Morgan fingerprint density at radius 3 is 3.14 bits per heavy atom. The number of rotatable bonds is 4. The fraction of sp³-hybridized carbons (Fsp3) is 0.700. The van der Waals surface area contributed by atoms with E-state index in [2.05, 4.69) is 10.3 Å². The second kappa shape index (κ2) is 4.87. The van der Waals surface area contributed by atoms with Crippen molar-refractivity contribution < 1.29 is 0 Å². The second-order valence-electron chi connectivity index (χ2n) is 4.00. The lowest BCUT2D eigenvalue weighted by atomic mass is 10.1. The quantitative estimate of drug-likeness (QED) is 0.790. The Balaban J connectivity index is 1.64. The van der Waals surface area contributed by atoms with Crippen molar-refractivity contribution in [1.29, 1.82) is 0 Å². The first-order chi connectivity index (χ1) is 6.84. The lowest BCUT2D eigenvalue weighted by molar-refractivity contribution is 0.482. The Morgan fingerprint density at radius 1 is 1.57 bits per heavy atom. The molecule has 1 aromatic heterocycles. The minimum absolute atomic E-state index is 0.446. The molecule has 2 atom stereocenters. The molecule has 1 aliphatic rings. The highest BCUT2D eigenvalue weighted by Crippen LogP contribution is 2.23. The van der Waals surface area contributed by atoms with Crippen molar-refractivity contribution in [3.05, 3.63) is 16.6 Å². The third kappa shape index (κ3) is 2.77. The molecule has 0 bridgehead atoms. The fourth-order valence-electron chi connectivity index (χ4n) is 2.02. The fourth-order valence-corrected chi connectivity index (χ4v) is 2.61. The highest BCUT2D eigenvalue weighted by atomic mass is 32.1. The molecule has 3 nitrogen and oxygen atoms in total. The summed E-state index contributed by atoms with van der Waals surface area (Å²) in [5, 5.41) is 6.63. The predicted molar refractivity (Wildman–Crippen MR) is 59.1 cm³/mol. The highest BCUT2D eigenvalue weighted by Gasteiger charge is 2.20. The molecule has 0 radical (unpaired) electrons. The summed E-state index contributed by atoms with van der Waals surface area (Å²) in [6, 6.07) is 0.446. The van der Waals surface area contributed by atoms with Crippen LogP contribution >= 0.6 is 11.3 Å². The van der Waals surface area contributed by atoms with E-state index in [9.17, 15) is 0 Å². The standard InChI is InChI=1S/C10H17N3S/c11-9-2-1-8(5-9)6-12-7-10-13-3-4-14-10/h3-4,8-9,12H,1-2,5-7,11H2. The molecule has 1 aromatic rings. The van der Waals surface area contributed by atoms with Crippen LogP contribution in [0.25, 0.3) is 0 Å². The van der Waals surface area contributed by atoms with Crippen LogP contribution in [0, 0.1) is 5.92 Å². The molecular formula is C10H17N3S. The summed E-state index contributed by atoms with van der Waals surface area (Å²) in [7, 11) is 0. The monoisotopic (exact) mass is 211 g/mol. The number of hydrogen-bond acceptors (Lipinski definition) is 4. The Hall–Kier alpha value is -0.450. The summed E-state index contributed by atoms with van der Waals surface area (Å²) in [6.07, 6.45) is 5.52. The van der Waals surface area contributed by atoms with Gasteiger partial charge in [-0.05, 0) is 31.7 Å². The van der Waals surface area contributed by atoms with Crippen molar-refractivity contribution in [3.8, 4) is 0 Å². The van der Waals surface area contributed by atoms with Gasteiger partial charge in [0.15, 0.2) is 0 Å². The van der Waals surface area contributed by atoms with Crippen molar-refractivity contribution in [1.82, 2.24) is 10.3 Å². The summed E-state index contributed by atoms with van der Waals surface area (Å²) in [6.45, 7) is 2.00. The third-order valence-corrected chi connectivity index (χ3v) is 3.55. The molecule has 2 rings (SSSR count). The van der Waals surface area contributed by atoms with Gasteiger partial charge in [0.05, 0.1) is 0 Å². The average molecular weight is 211 g/mol. The zero-order chi connectivity index (χ0) is 9.80. The molecule has 0 saturated heterocycles. The van der Waals surface area contributed by atoms with Gasteiger partial charge in [0, 0.05) is 24.2 Å². The van der Waals surface area contributed by atoms with Crippen LogP contribution in [0.5, 0.6) is 0 Å². The summed E-state index contributed by atoms with van der Waals surface area (Å²) in [5.74, 6) is 0.782. The number of nitrogens with zero attached hydrogens (tertiary/aromatic N) is 1. The molecule has 4 heteroatoms. The molecule has 0 aromatic carbocycles. The van der Waals surface area contributed by atoms with Crippen LogP contribution < -0.4 is 11.1 Å². The van der Waals surface area contributed by atoms with Crippen LogP contribution in [0.3, 0.4) is 0 Å². The molecule has 0 spiro atoms. The Kier molecular flexibility index (Phi) is 3.50. The van der Waals surface area contributed by atoms with Crippen LogP contribution in [0.4, 0.5) is 0 Å². The molecule has 2 unspecified atom stereocenters. The van der Waals surface area contributed by atoms with Crippen LogP contribution in [-0.4, -0.2) is 17.6 Å². The lowest BCUT2D eigenvalue weighted by Gasteiger charge is -2.09. The maximum atomic E-state index is 5.85. The van der Waals surface area contributed by atoms with E-state index in [1.807, 2.05) is 11.6 Å².